The Morgan fingerprint density at radius 2 is 2.04 bits per heavy atom. The van der Waals surface area contributed by atoms with Crippen LogP contribution in [0.4, 0.5) is 15.8 Å². The molecule has 3 rings (SSSR count). The van der Waals surface area contributed by atoms with E-state index in [9.17, 15) is 14.0 Å². The normalized spacial score (nSPS) is 18.2. The third-order valence-electron chi connectivity index (χ3n) is 4.60. The van der Waals surface area contributed by atoms with E-state index in [2.05, 4.69) is 16.0 Å². The lowest BCUT2D eigenvalue weighted by Crippen LogP contribution is -2.28. The van der Waals surface area contributed by atoms with Gasteiger partial charge in [-0.3, -0.25) is 9.59 Å². The van der Waals surface area contributed by atoms with Gasteiger partial charge in [0.15, 0.2) is 0 Å². The molecule has 0 saturated carbocycles. The molecule has 124 valence electrons. The second-order valence-electron chi connectivity index (χ2n) is 6.32. The first-order valence-corrected chi connectivity index (χ1v) is 8.24. The zero-order valence-electron chi connectivity index (χ0n) is 13.1. The highest BCUT2D eigenvalue weighted by molar-refractivity contribution is 5.96. The molecule has 0 radical (unpaired) electrons. The largest absolute Gasteiger partial charge is 0.326 e. The number of anilines is 2. The highest BCUT2D eigenvalue weighted by Gasteiger charge is 2.19. The summed E-state index contributed by atoms with van der Waals surface area (Å²) in [5.74, 6) is -0.137. The van der Waals surface area contributed by atoms with Crippen LogP contribution < -0.4 is 16.0 Å². The first kappa shape index (κ1) is 15.9. The summed E-state index contributed by atoms with van der Waals surface area (Å²) in [6, 6.07) is 2.92. The van der Waals surface area contributed by atoms with Crippen molar-refractivity contribution >= 4 is 23.2 Å². The fourth-order valence-corrected chi connectivity index (χ4v) is 3.21. The molecule has 0 aromatic heterocycles. The number of piperidine rings is 1. The maximum Gasteiger partial charge on any atom is 0.224 e. The first-order chi connectivity index (χ1) is 11.1. The van der Waals surface area contributed by atoms with E-state index in [1.807, 2.05) is 0 Å². The minimum atomic E-state index is -0.449. The summed E-state index contributed by atoms with van der Waals surface area (Å²) in [5, 5.41) is 8.65. The first-order valence-electron chi connectivity index (χ1n) is 8.24. The fourth-order valence-electron chi connectivity index (χ4n) is 3.21. The Balaban J connectivity index is 1.59. The highest BCUT2D eigenvalue weighted by Crippen LogP contribution is 2.29. The lowest BCUT2D eigenvalue weighted by atomic mass is 9.93. The summed E-state index contributed by atoms with van der Waals surface area (Å²) < 4.78 is 14.1. The molecule has 0 bridgehead atoms. The molecule has 1 aromatic carbocycles. The van der Waals surface area contributed by atoms with Crippen molar-refractivity contribution in [1.29, 1.82) is 0 Å². The number of benzene rings is 1. The number of aryl methyl sites for hydroxylation is 1. The summed E-state index contributed by atoms with van der Waals surface area (Å²) >= 11 is 0. The van der Waals surface area contributed by atoms with Gasteiger partial charge in [-0.1, -0.05) is 0 Å². The Labute approximate surface area is 135 Å². The molecule has 5 nitrogen and oxygen atoms in total. The Hall–Kier alpha value is -1.95. The summed E-state index contributed by atoms with van der Waals surface area (Å²) in [6.45, 7) is 2.01. The van der Waals surface area contributed by atoms with Crippen LogP contribution in [0.25, 0.3) is 0 Å². The topological polar surface area (TPSA) is 70.2 Å². The molecule has 1 aromatic rings. The van der Waals surface area contributed by atoms with E-state index in [-0.39, 0.29) is 17.5 Å². The van der Waals surface area contributed by atoms with Crippen LogP contribution in [0.5, 0.6) is 0 Å². The van der Waals surface area contributed by atoms with Crippen molar-refractivity contribution < 1.29 is 14.0 Å². The molecule has 0 spiro atoms. The van der Waals surface area contributed by atoms with Gasteiger partial charge < -0.3 is 16.0 Å². The second-order valence-corrected chi connectivity index (χ2v) is 6.32. The highest BCUT2D eigenvalue weighted by atomic mass is 19.1. The monoisotopic (exact) mass is 319 g/mol. The molecule has 0 atom stereocenters. The molecule has 0 aliphatic carbocycles. The molecule has 2 aliphatic heterocycles. The van der Waals surface area contributed by atoms with E-state index in [0.717, 1.165) is 37.9 Å². The number of fused-ring (bicyclic) bond motifs is 1. The van der Waals surface area contributed by atoms with Crippen molar-refractivity contribution in [3.05, 3.63) is 23.5 Å². The number of halogens is 1. The van der Waals surface area contributed by atoms with E-state index >= 15 is 0 Å². The van der Waals surface area contributed by atoms with Crippen LogP contribution in [0.3, 0.4) is 0 Å². The molecule has 6 heteroatoms. The SMILES string of the molecule is O=C(CCC1CCNCC1)Nc1cc2c(cc1F)CCC(=O)N2. The average Bonchev–Trinajstić information content (AvgIpc) is 2.55. The quantitative estimate of drug-likeness (QED) is 0.798. The van der Waals surface area contributed by atoms with E-state index in [1.54, 1.807) is 0 Å². The molecule has 23 heavy (non-hydrogen) atoms. The predicted octanol–water partition coefficient (Wildman–Crippen LogP) is 2.43. The Morgan fingerprint density at radius 1 is 1.26 bits per heavy atom. The fraction of sp³-hybridized carbons (Fsp3) is 0.529. The van der Waals surface area contributed by atoms with Gasteiger partial charge in [0.25, 0.3) is 0 Å². The van der Waals surface area contributed by atoms with Crippen molar-refractivity contribution in [2.75, 3.05) is 23.7 Å². The number of hydrogen-bond acceptors (Lipinski definition) is 3. The van der Waals surface area contributed by atoms with Gasteiger partial charge in [0.1, 0.15) is 5.82 Å². The van der Waals surface area contributed by atoms with Crippen molar-refractivity contribution in [2.45, 2.75) is 38.5 Å². The van der Waals surface area contributed by atoms with Gasteiger partial charge in [-0.2, -0.15) is 0 Å². The minimum Gasteiger partial charge on any atom is -0.326 e. The Kier molecular flexibility index (Phi) is 4.91. The van der Waals surface area contributed by atoms with Crippen LogP contribution in [0.15, 0.2) is 12.1 Å². The molecule has 1 fully saturated rings. The number of carbonyl (C=O) groups is 2. The van der Waals surface area contributed by atoms with Crippen LogP contribution in [0.1, 0.15) is 37.7 Å². The van der Waals surface area contributed by atoms with Crippen LogP contribution in [0.2, 0.25) is 0 Å². The summed E-state index contributed by atoms with van der Waals surface area (Å²) in [5.41, 5.74) is 1.51. The Bertz CT molecular complexity index is 612. The number of nitrogens with one attached hydrogen (secondary N) is 3. The molecular formula is C17H22FN3O2. The number of rotatable bonds is 4. The molecular weight excluding hydrogens is 297 g/mol. The zero-order valence-corrected chi connectivity index (χ0v) is 13.1. The van der Waals surface area contributed by atoms with Crippen molar-refractivity contribution in [1.82, 2.24) is 5.32 Å². The third-order valence-corrected chi connectivity index (χ3v) is 4.60. The van der Waals surface area contributed by atoms with Crippen molar-refractivity contribution in [2.24, 2.45) is 5.92 Å². The maximum atomic E-state index is 14.1. The van der Waals surface area contributed by atoms with Crippen LogP contribution in [-0.2, 0) is 16.0 Å². The van der Waals surface area contributed by atoms with Gasteiger partial charge in [-0.25, -0.2) is 4.39 Å². The van der Waals surface area contributed by atoms with Crippen molar-refractivity contribution in [3.63, 3.8) is 0 Å². The maximum absolute atomic E-state index is 14.1. The van der Waals surface area contributed by atoms with Gasteiger partial charge in [0.05, 0.1) is 5.69 Å². The number of carbonyl (C=O) groups excluding carboxylic acids is 2. The minimum absolute atomic E-state index is 0.0766. The molecule has 2 aliphatic rings. The lowest BCUT2D eigenvalue weighted by molar-refractivity contribution is -0.117. The van der Waals surface area contributed by atoms with E-state index < -0.39 is 5.82 Å². The smallest absolute Gasteiger partial charge is 0.224 e. The lowest BCUT2D eigenvalue weighted by Gasteiger charge is -2.22. The molecule has 1 saturated heterocycles. The van der Waals surface area contributed by atoms with Gasteiger partial charge in [0.2, 0.25) is 11.8 Å². The predicted molar refractivity (Wildman–Crippen MR) is 86.8 cm³/mol. The number of hydrogen-bond donors (Lipinski definition) is 3. The van der Waals surface area contributed by atoms with E-state index in [4.69, 9.17) is 0 Å². The van der Waals surface area contributed by atoms with Crippen LogP contribution in [-0.4, -0.2) is 24.9 Å². The van der Waals surface area contributed by atoms with Gasteiger partial charge in [0, 0.05) is 18.5 Å². The summed E-state index contributed by atoms with van der Waals surface area (Å²) in [6.07, 6.45) is 4.31. The van der Waals surface area contributed by atoms with Gasteiger partial charge in [-0.15, -0.1) is 0 Å². The number of amides is 2. The van der Waals surface area contributed by atoms with Crippen LogP contribution >= 0.6 is 0 Å². The standard InChI is InChI=1S/C17H22FN3O2/c18-13-9-12-2-4-17(23)20-14(12)10-15(13)21-16(22)3-1-11-5-7-19-8-6-11/h9-11,19H,1-8H2,(H,20,23)(H,21,22). The molecule has 0 unspecified atom stereocenters. The average molecular weight is 319 g/mol. The van der Waals surface area contributed by atoms with E-state index in [0.29, 0.717) is 30.9 Å². The Morgan fingerprint density at radius 3 is 2.83 bits per heavy atom. The summed E-state index contributed by atoms with van der Waals surface area (Å²) in [7, 11) is 0. The zero-order chi connectivity index (χ0) is 16.2. The summed E-state index contributed by atoms with van der Waals surface area (Å²) in [4.78, 5) is 23.5. The van der Waals surface area contributed by atoms with Gasteiger partial charge in [-0.05, 0) is 62.4 Å². The molecule has 2 heterocycles. The van der Waals surface area contributed by atoms with E-state index in [1.165, 1.54) is 12.1 Å². The van der Waals surface area contributed by atoms with Crippen molar-refractivity contribution in [3.8, 4) is 0 Å². The third kappa shape index (κ3) is 4.07. The second kappa shape index (κ2) is 7.08. The molecule has 3 N–H and O–H groups in total. The van der Waals surface area contributed by atoms with Crippen LogP contribution in [0, 0.1) is 11.7 Å². The van der Waals surface area contributed by atoms with Gasteiger partial charge >= 0.3 is 0 Å². The molecule has 2 amide bonds.